The lowest BCUT2D eigenvalue weighted by molar-refractivity contribution is 0.0498. The first-order valence-corrected chi connectivity index (χ1v) is 10.4. The van der Waals surface area contributed by atoms with Gasteiger partial charge in [-0.05, 0) is 24.3 Å². The Morgan fingerprint density at radius 1 is 1.14 bits per heavy atom. The van der Waals surface area contributed by atoms with Gasteiger partial charge < -0.3 is 4.90 Å². The van der Waals surface area contributed by atoms with Gasteiger partial charge in [-0.3, -0.25) is 4.79 Å². The lowest BCUT2D eigenvalue weighted by Gasteiger charge is -2.38. The number of amides is 1. The molecule has 1 fully saturated rings. The molecule has 2 aromatic heterocycles. The SMILES string of the molecule is CN(C)S(=O)(=O)c1ccc(C(=O)N2CC(n3cc(Cn4nccn4)nn3)C2)cc1. The summed E-state index contributed by atoms with van der Waals surface area (Å²) in [6, 6.07) is 6.03. The van der Waals surface area contributed by atoms with Crippen LogP contribution in [0.1, 0.15) is 22.1 Å². The molecule has 152 valence electrons. The summed E-state index contributed by atoms with van der Waals surface area (Å²) in [6.45, 7) is 1.46. The molecule has 0 radical (unpaired) electrons. The number of carbonyl (C=O) groups excluding carboxylic acids is 1. The highest BCUT2D eigenvalue weighted by atomic mass is 32.2. The summed E-state index contributed by atoms with van der Waals surface area (Å²) in [5, 5.41) is 16.3. The van der Waals surface area contributed by atoms with Crippen molar-refractivity contribution in [1.29, 1.82) is 0 Å². The fraction of sp³-hybridized carbons (Fsp3) is 0.353. The zero-order valence-electron chi connectivity index (χ0n) is 16.0. The van der Waals surface area contributed by atoms with Gasteiger partial charge in [0.2, 0.25) is 10.0 Å². The second kappa shape index (κ2) is 7.37. The zero-order chi connectivity index (χ0) is 20.6. The minimum absolute atomic E-state index is 0.0548. The highest BCUT2D eigenvalue weighted by Crippen LogP contribution is 2.23. The first-order valence-electron chi connectivity index (χ1n) is 8.91. The monoisotopic (exact) mass is 416 g/mol. The van der Waals surface area contributed by atoms with Gasteiger partial charge >= 0.3 is 0 Å². The van der Waals surface area contributed by atoms with E-state index in [-0.39, 0.29) is 16.8 Å². The molecular formula is C17H20N8O3S. The summed E-state index contributed by atoms with van der Waals surface area (Å²) in [7, 11) is -0.577. The number of nitrogens with zero attached hydrogens (tertiary/aromatic N) is 8. The molecule has 0 aliphatic carbocycles. The van der Waals surface area contributed by atoms with E-state index in [4.69, 9.17) is 0 Å². The van der Waals surface area contributed by atoms with Crippen LogP contribution in [0.5, 0.6) is 0 Å². The van der Waals surface area contributed by atoms with Crippen LogP contribution in [0, 0.1) is 0 Å². The summed E-state index contributed by atoms with van der Waals surface area (Å²) in [4.78, 5) is 16.0. The maximum absolute atomic E-state index is 12.6. The molecule has 29 heavy (non-hydrogen) atoms. The normalized spacial score (nSPS) is 14.9. The molecule has 3 heterocycles. The molecule has 1 amide bonds. The second-order valence-electron chi connectivity index (χ2n) is 6.93. The molecule has 0 unspecified atom stereocenters. The summed E-state index contributed by atoms with van der Waals surface area (Å²) in [5.74, 6) is -0.142. The van der Waals surface area contributed by atoms with Crippen molar-refractivity contribution in [3.05, 3.63) is 54.1 Å². The van der Waals surface area contributed by atoms with E-state index in [1.807, 2.05) is 6.20 Å². The molecule has 1 saturated heterocycles. The van der Waals surface area contributed by atoms with Crippen molar-refractivity contribution in [2.75, 3.05) is 27.2 Å². The molecular weight excluding hydrogens is 396 g/mol. The number of hydrogen-bond acceptors (Lipinski definition) is 7. The average Bonchev–Trinajstić information content (AvgIpc) is 3.33. The molecule has 0 spiro atoms. The van der Waals surface area contributed by atoms with E-state index in [0.29, 0.717) is 25.2 Å². The standard InChI is InChI=1S/C17H20N8O3S/c1-22(2)29(27,28)16-5-3-13(4-6-16)17(26)23-11-15(12-23)24-9-14(20-21-24)10-25-18-7-8-19-25/h3-9,15H,10-12H2,1-2H3. The van der Waals surface area contributed by atoms with Crippen LogP contribution in [-0.4, -0.2) is 80.7 Å². The van der Waals surface area contributed by atoms with Gasteiger partial charge in [-0.25, -0.2) is 17.4 Å². The van der Waals surface area contributed by atoms with Gasteiger partial charge in [-0.15, -0.1) is 5.10 Å². The van der Waals surface area contributed by atoms with Gasteiger partial charge in [0, 0.05) is 32.7 Å². The van der Waals surface area contributed by atoms with Crippen LogP contribution in [0.3, 0.4) is 0 Å². The predicted octanol–water partition coefficient (Wildman–Crippen LogP) is -0.135. The minimum Gasteiger partial charge on any atom is -0.334 e. The summed E-state index contributed by atoms with van der Waals surface area (Å²) >= 11 is 0. The topological polar surface area (TPSA) is 119 Å². The molecule has 11 nitrogen and oxygen atoms in total. The molecule has 12 heteroatoms. The quantitative estimate of drug-likeness (QED) is 0.549. The first kappa shape index (κ1) is 19.2. The lowest BCUT2D eigenvalue weighted by atomic mass is 10.1. The Kier molecular flexibility index (Phi) is 4.88. The van der Waals surface area contributed by atoms with E-state index in [1.165, 1.54) is 43.2 Å². The summed E-state index contributed by atoms with van der Waals surface area (Å²) in [6.07, 6.45) is 5.03. The van der Waals surface area contributed by atoms with E-state index in [1.54, 1.807) is 22.0 Å². The number of aromatic nitrogens is 6. The van der Waals surface area contributed by atoms with Crippen LogP contribution >= 0.6 is 0 Å². The summed E-state index contributed by atoms with van der Waals surface area (Å²) < 4.78 is 27.1. The third-order valence-electron chi connectivity index (χ3n) is 4.73. The largest absolute Gasteiger partial charge is 0.334 e. The number of carbonyl (C=O) groups is 1. The molecule has 1 aliphatic rings. The van der Waals surface area contributed by atoms with Gasteiger partial charge in [0.25, 0.3) is 5.91 Å². The molecule has 0 atom stereocenters. The first-order chi connectivity index (χ1) is 13.8. The van der Waals surface area contributed by atoms with Crippen LogP contribution in [-0.2, 0) is 16.6 Å². The van der Waals surface area contributed by atoms with E-state index in [2.05, 4.69) is 20.5 Å². The van der Waals surface area contributed by atoms with E-state index < -0.39 is 10.0 Å². The Balaban J connectivity index is 1.36. The molecule has 1 aromatic carbocycles. The maximum Gasteiger partial charge on any atom is 0.254 e. The molecule has 3 aromatic rings. The van der Waals surface area contributed by atoms with Crippen LogP contribution in [0.25, 0.3) is 0 Å². The Hall–Kier alpha value is -3.12. The molecule has 1 aliphatic heterocycles. The fourth-order valence-corrected chi connectivity index (χ4v) is 3.89. The van der Waals surface area contributed by atoms with E-state index in [0.717, 1.165) is 10.00 Å². The van der Waals surface area contributed by atoms with E-state index in [9.17, 15) is 13.2 Å². The van der Waals surface area contributed by atoms with Gasteiger partial charge in [-0.2, -0.15) is 15.0 Å². The minimum atomic E-state index is -3.51. The highest BCUT2D eigenvalue weighted by molar-refractivity contribution is 7.89. The Morgan fingerprint density at radius 2 is 1.79 bits per heavy atom. The van der Waals surface area contributed by atoms with Gasteiger partial charge in [0.05, 0.1) is 29.5 Å². The van der Waals surface area contributed by atoms with Crippen molar-refractivity contribution in [2.24, 2.45) is 0 Å². The lowest BCUT2D eigenvalue weighted by Crippen LogP contribution is -2.50. The van der Waals surface area contributed by atoms with Crippen LogP contribution in [0.2, 0.25) is 0 Å². The molecule has 4 rings (SSSR count). The van der Waals surface area contributed by atoms with Crippen molar-refractivity contribution in [1.82, 2.24) is 39.2 Å². The van der Waals surface area contributed by atoms with Crippen molar-refractivity contribution in [3.63, 3.8) is 0 Å². The zero-order valence-corrected chi connectivity index (χ0v) is 16.8. The van der Waals surface area contributed by atoms with Crippen LogP contribution < -0.4 is 0 Å². The number of hydrogen-bond donors (Lipinski definition) is 0. The summed E-state index contributed by atoms with van der Waals surface area (Å²) in [5.41, 5.74) is 1.19. The molecule has 0 bridgehead atoms. The van der Waals surface area contributed by atoms with E-state index >= 15 is 0 Å². The van der Waals surface area contributed by atoms with Crippen LogP contribution in [0.4, 0.5) is 0 Å². The van der Waals surface area contributed by atoms with Crippen molar-refractivity contribution < 1.29 is 13.2 Å². The third-order valence-corrected chi connectivity index (χ3v) is 6.56. The third kappa shape index (κ3) is 3.76. The maximum atomic E-state index is 12.6. The van der Waals surface area contributed by atoms with Crippen molar-refractivity contribution in [2.45, 2.75) is 17.5 Å². The van der Waals surface area contributed by atoms with Gasteiger partial charge in [0.15, 0.2) is 0 Å². The number of sulfonamides is 1. The van der Waals surface area contributed by atoms with Gasteiger partial charge in [-0.1, -0.05) is 5.21 Å². The Bertz CT molecular complexity index is 1100. The average molecular weight is 416 g/mol. The molecule has 0 N–H and O–H groups in total. The van der Waals surface area contributed by atoms with Crippen molar-refractivity contribution in [3.8, 4) is 0 Å². The number of likely N-dealkylation sites (tertiary alicyclic amines) is 1. The number of benzene rings is 1. The Labute approximate surface area is 167 Å². The smallest absolute Gasteiger partial charge is 0.254 e. The fourth-order valence-electron chi connectivity index (χ4n) is 2.99. The number of rotatable bonds is 6. The van der Waals surface area contributed by atoms with Gasteiger partial charge in [0.1, 0.15) is 12.2 Å². The van der Waals surface area contributed by atoms with Crippen molar-refractivity contribution >= 4 is 15.9 Å². The Morgan fingerprint density at radius 3 is 2.41 bits per heavy atom. The highest BCUT2D eigenvalue weighted by Gasteiger charge is 2.33. The van der Waals surface area contributed by atoms with Crippen LogP contribution in [0.15, 0.2) is 47.8 Å². The second-order valence-corrected chi connectivity index (χ2v) is 9.08. The predicted molar refractivity (Wildman–Crippen MR) is 101 cm³/mol. The molecule has 0 saturated carbocycles.